The van der Waals surface area contributed by atoms with Gasteiger partial charge in [-0.1, -0.05) is 64.6 Å². The highest BCUT2D eigenvalue weighted by atomic mass is 31.1. The van der Waals surface area contributed by atoms with Crippen molar-refractivity contribution in [2.24, 2.45) is 0 Å². The highest BCUT2D eigenvalue weighted by Gasteiger charge is 2.33. The van der Waals surface area contributed by atoms with Crippen LogP contribution in [0.3, 0.4) is 0 Å². The predicted molar refractivity (Wildman–Crippen MR) is 117 cm³/mol. The van der Waals surface area contributed by atoms with Gasteiger partial charge in [-0.25, -0.2) is 0 Å². The van der Waals surface area contributed by atoms with Gasteiger partial charge in [0.05, 0.1) is 0 Å². The number of aromatic nitrogens is 1. The van der Waals surface area contributed by atoms with Crippen LogP contribution in [0.5, 0.6) is 0 Å². The summed E-state index contributed by atoms with van der Waals surface area (Å²) < 4.78 is 2.51. The summed E-state index contributed by atoms with van der Waals surface area (Å²) >= 11 is 0. The number of benzene rings is 1. The third kappa shape index (κ3) is 4.37. The molecular weight excluding hydrogens is 340 g/mol. The molecule has 25 heavy (non-hydrogen) atoms. The largest absolute Gasteiger partial charge is 0.317 e. The van der Waals surface area contributed by atoms with E-state index in [2.05, 4.69) is 53.2 Å². The van der Waals surface area contributed by atoms with Gasteiger partial charge in [0.2, 0.25) is 0 Å². The number of para-hydroxylation sites is 1. The zero-order chi connectivity index (χ0) is 16.2. The van der Waals surface area contributed by atoms with Crippen molar-refractivity contribution in [2.45, 2.75) is 75.5 Å². The first-order valence-electron chi connectivity index (χ1n) is 9.94. The molecule has 2 aromatic rings. The van der Waals surface area contributed by atoms with Crippen LogP contribution in [-0.2, 0) is 0 Å². The molecule has 0 amide bonds. The van der Waals surface area contributed by atoms with Crippen LogP contribution in [0.2, 0.25) is 0 Å². The molecular formula is C22H33NP2. The first-order chi connectivity index (χ1) is 11.9. The van der Waals surface area contributed by atoms with Gasteiger partial charge >= 0.3 is 0 Å². The Morgan fingerprint density at radius 2 is 1.24 bits per heavy atom. The smallest absolute Gasteiger partial charge is 0.0464 e. The lowest BCUT2D eigenvalue weighted by atomic mass is 9.99. The fraction of sp³-hybridized carbons (Fsp3) is 0.545. The fourth-order valence-corrected chi connectivity index (χ4v) is 8.66. The number of hydrogen-bond donors (Lipinski definition) is 0. The quantitative estimate of drug-likeness (QED) is 0.554. The highest BCUT2D eigenvalue weighted by Crippen LogP contribution is 2.55. The summed E-state index contributed by atoms with van der Waals surface area (Å²) in [5.74, 6) is 0. The average Bonchev–Trinajstić information content (AvgIpc) is 3.14. The average molecular weight is 373 g/mol. The standard InChI is InChI=1S/C22H30NP.H3P/c1-4-11-19(12-5-1)23-18-10-17-22(23)24(20-13-6-2-7-14-20)21-15-8-3-9-16-21;/h1,4-5,10-12,17-18,20-21H,2-3,6-9,13-16H2;1H3. The minimum absolute atomic E-state index is 0. The molecule has 0 spiro atoms. The lowest BCUT2D eigenvalue weighted by Gasteiger charge is -2.39. The molecule has 1 atom stereocenters. The van der Waals surface area contributed by atoms with Crippen LogP contribution >= 0.6 is 17.8 Å². The Labute approximate surface area is 158 Å². The summed E-state index contributed by atoms with van der Waals surface area (Å²) in [5.41, 5.74) is 4.93. The maximum Gasteiger partial charge on any atom is 0.0464 e. The molecule has 1 unspecified atom stereocenters. The van der Waals surface area contributed by atoms with E-state index in [4.69, 9.17) is 0 Å². The lowest BCUT2D eigenvalue weighted by molar-refractivity contribution is 0.486. The second-order valence-corrected chi connectivity index (χ2v) is 10.3. The lowest BCUT2D eigenvalue weighted by Crippen LogP contribution is -2.29. The Morgan fingerprint density at radius 1 is 0.680 bits per heavy atom. The number of hydrogen-bond acceptors (Lipinski definition) is 0. The van der Waals surface area contributed by atoms with Crippen molar-refractivity contribution < 1.29 is 0 Å². The van der Waals surface area contributed by atoms with Crippen molar-refractivity contribution >= 4 is 23.3 Å². The van der Waals surface area contributed by atoms with E-state index in [1.165, 1.54) is 69.9 Å². The second kappa shape index (κ2) is 9.34. The van der Waals surface area contributed by atoms with Gasteiger partial charge in [0.1, 0.15) is 0 Å². The van der Waals surface area contributed by atoms with Gasteiger partial charge in [-0.2, -0.15) is 9.90 Å². The molecule has 136 valence electrons. The van der Waals surface area contributed by atoms with Crippen LogP contribution in [0, 0.1) is 0 Å². The van der Waals surface area contributed by atoms with E-state index in [1.54, 1.807) is 5.44 Å². The van der Waals surface area contributed by atoms with E-state index < -0.39 is 0 Å². The normalized spacial score (nSPS) is 19.7. The number of nitrogens with zero attached hydrogens (tertiary/aromatic N) is 1. The minimum Gasteiger partial charge on any atom is -0.317 e. The van der Waals surface area contributed by atoms with E-state index in [0.717, 1.165) is 11.3 Å². The summed E-state index contributed by atoms with van der Waals surface area (Å²) in [6.07, 6.45) is 17.0. The molecule has 0 radical (unpaired) electrons. The van der Waals surface area contributed by atoms with Crippen LogP contribution in [0.4, 0.5) is 0 Å². The molecule has 0 bridgehead atoms. The van der Waals surface area contributed by atoms with Crippen LogP contribution in [0.1, 0.15) is 64.2 Å². The van der Waals surface area contributed by atoms with Gasteiger partial charge in [0.25, 0.3) is 0 Å². The third-order valence-corrected chi connectivity index (χ3v) is 9.46. The molecule has 0 aliphatic heterocycles. The van der Waals surface area contributed by atoms with Crippen molar-refractivity contribution in [3.05, 3.63) is 48.7 Å². The minimum atomic E-state index is -0.0365. The van der Waals surface area contributed by atoms with Crippen molar-refractivity contribution in [3.63, 3.8) is 0 Å². The summed E-state index contributed by atoms with van der Waals surface area (Å²) in [4.78, 5) is 0. The summed E-state index contributed by atoms with van der Waals surface area (Å²) in [6, 6.07) is 15.7. The van der Waals surface area contributed by atoms with Gasteiger partial charge in [-0.3, -0.25) is 0 Å². The van der Waals surface area contributed by atoms with E-state index >= 15 is 0 Å². The zero-order valence-corrected chi connectivity index (χ0v) is 17.8. The molecule has 1 aromatic carbocycles. The van der Waals surface area contributed by atoms with E-state index in [9.17, 15) is 0 Å². The Balaban J connectivity index is 0.00000182. The maximum absolute atomic E-state index is 2.51. The van der Waals surface area contributed by atoms with Gasteiger partial charge in [-0.05, 0) is 61.3 Å². The van der Waals surface area contributed by atoms with Crippen LogP contribution in [-0.4, -0.2) is 15.9 Å². The third-order valence-electron chi connectivity index (χ3n) is 5.96. The van der Waals surface area contributed by atoms with Crippen molar-refractivity contribution in [1.29, 1.82) is 0 Å². The Kier molecular flexibility index (Phi) is 7.15. The molecule has 0 saturated heterocycles. The zero-order valence-electron chi connectivity index (χ0n) is 15.4. The first-order valence-corrected chi connectivity index (χ1v) is 11.4. The van der Waals surface area contributed by atoms with Gasteiger partial charge in [0, 0.05) is 17.3 Å². The fourth-order valence-electron chi connectivity index (χ4n) is 4.78. The summed E-state index contributed by atoms with van der Waals surface area (Å²) in [7, 11) is -0.0365. The molecule has 1 aromatic heterocycles. The molecule has 1 nitrogen and oxygen atoms in total. The van der Waals surface area contributed by atoms with E-state index in [-0.39, 0.29) is 17.8 Å². The SMILES string of the molecule is P.c1ccc(-n2cccc2P(C2CCCCC2)C2CCCCC2)cc1. The maximum atomic E-state index is 2.51. The van der Waals surface area contributed by atoms with Crippen molar-refractivity contribution in [1.82, 2.24) is 4.57 Å². The Morgan fingerprint density at radius 3 is 1.80 bits per heavy atom. The van der Waals surface area contributed by atoms with E-state index in [0.29, 0.717) is 0 Å². The monoisotopic (exact) mass is 373 g/mol. The van der Waals surface area contributed by atoms with Gasteiger partial charge in [0.15, 0.2) is 0 Å². The summed E-state index contributed by atoms with van der Waals surface area (Å²) in [6.45, 7) is 0. The highest BCUT2D eigenvalue weighted by molar-refractivity contribution is 7.66. The van der Waals surface area contributed by atoms with Crippen molar-refractivity contribution in [2.75, 3.05) is 0 Å². The number of rotatable bonds is 4. The predicted octanol–water partition coefficient (Wildman–Crippen LogP) is 6.31. The van der Waals surface area contributed by atoms with Crippen LogP contribution < -0.4 is 5.44 Å². The van der Waals surface area contributed by atoms with E-state index in [1.807, 2.05) is 0 Å². The molecule has 2 aliphatic carbocycles. The second-order valence-electron chi connectivity index (χ2n) is 7.56. The summed E-state index contributed by atoms with van der Waals surface area (Å²) in [5, 5.41) is 0. The van der Waals surface area contributed by atoms with Crippen molar-refractivity contribution in [3.8, 4) is 5.69 Å². The van der Waals surface area contributed by atoms with Gasteiger partial charge in [-0.15, -0.1) is 0 Å². The molecule has 0 N–H and O–H groups in total. The molecule has 4 rings (SSSR count). The molecule has 2 saturated carbocycles. The van der Waals surface area contributed by atoms with Crippen LogP contribution in [0.15, 0.2) is 48.7 Å². The molecule has 3 heteroatoms. The molecule has 2 fully saturated rings. The Hall–Kier alpha value is -0.640. The molecule has 2 aliphatic rings. The van der Waals surface area contributed by atoms with Gasteiger partial charge < -0.3 is 4.57 Å². The van der Waals surface area contributed by atoms with Crippen LogP contribution in [0.25, 0.3) is 5.69 Å². The first kappa shape index (κ1) is 19.1. The topological polar surface area (TPSA) is 4.93 Å². The molecule has 1 heterocycles. The Bertz CT molecular complexity index is 606.